The first-order valence-electron chi connectivity index (χ1n) is 8.31. The number of alkyl carbamates (subject to hydrolysis) is 1. The van der Waals surface area contributed by atoms with Gasteiger partial charge in [0.1, 0.15) is 5.60 Å². The molecule has 23 heavy (non-hydrogen) atoms. The maximum atomic E-state index is 11.8. The van der Waals surface area contributed by atoms with Gasteiger partial charge in [0.05, 0.1) is 0 Å². The van der Waals surface area contributed by atoms with Crippen LogP contribution in [0, 0.1) is 9.49 Å². The van der Waals surface area contributed by atoms with Gasteiger partial charge in [-0.15, -0.1) is 0 Å². The molecule has 0 aliphatic heterocycles. The van der Waals surface area contributed by atoms with E-state index in [4.69, 9.17) is 4.74 Å². The number of benzene rings is 1. The molecule has 0 aromatic heterocycles. The van der Waals surface area contributed by atoms with E-state index < -0.39 is 5.60 Å². The van der Waals surface area contributed by atoms with Crippen LogP contribution in [0.2, 0.25) is 0 Å². The molecule has 1 aromatic rings. The van der Waals surface area contributed by atoms with Crippen molar-refractivity contribution < 1.29 is 9.53 Å². The minimum Gasteiger partial charge on any atom is -0.444 e. The van der Waals surface area contributed by atoms with Gasteiger partial charge in [-0.2, -0.15) is 0 Å². The van der Waals surface area contributed by atoms with E-state index in [9.17, 15) is 4.79 Å². The number of hydrogen-bond acceptors (Lipinski definition) is 3. The van der Waals surface area contributed by atoms with E-state index in [-0.39, 0.29) is 12.1 Å². The van der Waals surface area contributed by atoms with Crippen molar-refractivity contribution >= 4 is 34.4 Å². The maximum absolute atomic E-state index is 11.8. The lowest BCUT2D eigenvalue weighted by molar-refractivity contribution is 0.0488. The zero-order valence-corrected chi connectivity index (χ0v) is 16.4. The molecule has 1 saturated carbocycles. The van der Waals surface area contributed by atoms with E-state index in [2.05, 4.69) is 57.5 Å². The molecular formula is C18H27IN2O2. The molecule has 1 fully saturated rings. The van der Waals surface area contributed by atoms with Crippen molar-refractivity contribution in [1.29, 1.82) is 0 Å². The van der Waals surface area contributed by atoms with Crippen molar-refractivity contribution in [3.05, 3.63) is 27.8 Å². The first kappa shape index (κ1) is 18.4. The van der Waals surface area contributed by atoms with Crippen molar-refractivity contribution in [3.8, 4) is 0 Å². The topological polar surface area (TPSA) is 50.4 Å². The van der Waals surface area contributed by atoms with Crippen molar-refractivity contribution in [2.75, 3.05) is 11.9 Å². The highest BCUT2D eigenvalue weighted by Crippen LogP contribution is 2.25. The fourth-order valence-corrected chi connectivity index (χ4v) is 3.17. The highest BCUT2D eigenvalue weighted by atomic mass is 127. The van der Waals surface area contributed by atoms with Gasteiger partial charge in [0.15, 0.2) is 0 Å². The van der Waals surface area contributed by atoms with E-state index in [1.54, 1.807) is 0 Å². The number of rotatable bonds is 4. The smallest absolute Gasteiger partial charge is 0.407 e. The van der Waals surface area contributed by atoms with Crippen molar-refractivity contribution in [1.82, 2.24) is 5.32 Å². The third-order valence-electron chi connectivity index (χ3n) is 4.01. The Morgan fingerprint density at radius 3 is 2.35 bits per heavy atom. The molecule has 0 bridgehead atoms. The van der Waals surface area contributed by atoms with Crippen LogP contribution in [0.25, 0.3) is 0 Å². The Kier molecular flexibility index (Phi) is 6.56. The molecule has 1 aromatic carbocycles. The summed E-state index contributed by atoms with van der Waals surface area (Å²) in [5.74, 6) is 0.672. The SMILES string of the molecule is CC(C)(C)OC(=O)N[C@H]1CC[C@H](CNc2ccc(I)cc2)CC1. The second kappa shape index (κ2) is 8.22. The third-order valence-corrected chi connectivity index (χ3v) is 4.73. The van der Waals surface area contributed by atoms with Gasteiger partial charge >= 0.3 is 6.09 Å². The Labute approximate surface area is 152 Å². The summed E-state index contributed by atoms with van der Waals surface area (Å²) in [4.78, 5) is 11.8. The molecule has 0 saturated heterocycles. The summed E-state index contributed by atoms with van der Waals surface area (Å²) in [5.41, 5.74) is 0.748. The van der Waals surface area contributed by atoms with Gasteiger partial charge in [-0.3, -0.25) is 0 Å². The van der Waals surface area contributed by atoms with Crippen molar-refractivity contribution in [3.63, 3.8) is 0 Å². The monoisotopic (exact) mass is 430 g/mol. The summed E-state index contributed by atoms with van der Waals surface area (Å²) < 4.78 is 6.57. The van der Waals surface area contributed by atoms with Crippen molar-refractivity contribution in [2.45, 2.75) is 58.1 Å². The predicted octanol–water partition coefficient (Wildman–Crippen LogP) is 4.79. The zero-order valence-electron chi connectivity index (χ0n) is 14.2. The lowest BCUT2D eigenvalue weighted by atomic mass is 9.86. The lowest BCUT2D eigenvalue weighted by Crippen LogP contribution is -2.41. The quantitative estimate of drug-likeness (QED) is 0.676. The van der Waals surface area contributed by atoms with Crippen LogP contribution in [0.4, 0.5) is 10.5 Å². The Bertz CT molecular complexity index is 503. The van der Waals surface area contributed by atoms with Crippen LogP contribution in [-0.4, -0.2) is 24.3 Å². The Morgan fingerprint density at radius 1 is 1.17 bits per heavy atom. The van der Waals surface area contributed by atoms with Gasteiger partial charge in [-0.05, 0) is 99.2 Å². The van der Waals surface area contributed by atoms with Crippen LogP contribution >= 0.6 is 22.6 Å². The van der Waals surface area contributed by atoms with Gasteiger partial charge in [-0.25, -0.2) is 4.79 Å². The molecule has 0 spiro atoms. The van der Waals surface area contributed by atoms with E-state index in [0.717, 1.165) is 32.2 Å². The number of ether oxygens (including phenoxy) is 1. The molecule has 2 rings (SSSR count). The molecule has 0 heterocycles. The molecule has 1 aliphatic carbocycles. The highest BCUT2D eigenvalue weighted by Gasteiger charge is 2.24. The minimum absolute atomic E-state index is 0.249. The van der Waals surface area contributed by atoms with Crippen LogP contribution in [0.15, 0.2) is 24.3 Å². The van der Waals surface area contributed by atoms with Gasteiger partial charge in [0.2, 0.25) is 0 Å². The minimum atomic E-state index is -0.432. The normalized spacial score (nSPS) is 21.6. The first-order valence-corrected chi connectivity index (χ1v) is 9.38. The number of halogens is 1. The van der Waals surface area contributed by atoms with E-state index in [1.165, 1.54) is 9.26 Å². The molecular weight excluding hydrogens is 403 g/mol. The van der Waals surface area contributed by atoms with E-state index in [0.29, 0.717) is 5.92 Å². The van der Waals surface area contributed by atoms with E-state index in [1.807, 2.05) is 20.8 Å². The fraction of sp³-hybridized carbons (Fsp3) is 0.611. The fourth-order valence-electron chi connectivity index (χ4n) is 2.82. The maximum Gasteiger partial charge on any atom is 0.407 e. The standard InChI is InChI=1S/C18H27IN2O2/c1-18(2,3)23-17(22)21-16-8-4-13(5-9-16)12-20-15-10-6-14(19)7-11-15/h6-7,10-11,13,16,20H,4-5,8-9,12H2,1-3H3,(H,21,22)/t13-,16-. The predicted molar refractivity (Wildman–Crippen MR) is 103 cm³/mol. The van der Waals surface area contributed by atoms with Gasteiger partial charge in [0.25, 0.3) is 0 Å². The summed E-state index contributed by atoms with van der Waals surface area (Å²) in [6.45, 7) is 6.67. The van der Waals surface area contributed by atoms with Crippen LogP contribution in [-0.2, 0) is 4.74 Å². The molecule has 1 aliphatic rings. The first-order chi connectivity index (χ1) is 10.8. The molecule has 0 unspecified atom stereocenters. The van der Waals surface area contributed by atoms with Crippen molar-refractivity contribution in [2.24, 2.45) is 5.92 Å². The Balaban J connectivity index is 1.67. The third kappa shape index (κ3) is 6.97. The summed E-state index contributed by atoms with van der Waals surface area (Å²) in [5, 5.41) is 6.51. The Hall–Kier alpha value is -0.980. The molecule has 4 nitrogen and oxygen atoms in total. The average Bonchev–Trinajstić information content (AvgIpc) is 2.46. The molecule has 128 valence electrons. The molecule has 2 N–H and O–H groups in total. The number of hydrogen-bond donors (Lipinski definition) is 2. The van der Waals surface area contributed by atoms with Gasteiger partial charge < -0.3 is 15.4 Å². The largest absolute Gasteiger partial charge is 0.444 e. The average molecular weight is 430 g/mol. The number of anilines is 1. The Morgan fingerprint density at radius 2 is 1.78 bits per heavy atom. The van der Waals surface area contributed by atoms with Crippen LogP contribution in [0.3, 0.4) is 0 Å². The zero-order chi connectivity index (χ0) is 16.9. The lowest BCUT2D eigenvalue weighted by Gasteiger charge is -2.30. The summed E-state index contributed by atoms with van der Waals surface area (Å²) in [6, 6.07) is 8.73. The second-order valence-corrected chi connectivity index (χ2v) is 8.50. The number of carbonyl (C=O) groups excluding carboxylic acids is 1. The number of amides is 1. The summed E-state index contributed by atoms with van der Waals surface area (Å²) >= 11 is 2.32. The van der Waals surface area contributed by atoms with Crippen LogP contribution in [0.1, 0.15) is 46.5 Å². The molecule has 5 heteroatoms. The van der Waals surface area contributed by atoms with Gasteiger partial charge in [0, 0.05) is 21.8 Å². The molecule has 0 atom stereocenters. The van der Waals surface area contributed by atoms with E-state index >= 15 is 0 Å². The number of nitrogens with one attached hydrogen (secondary N) is 2. The second-order valence-electron chi connectivity index (χ2n) is 7.25. The van der Waals surface area contributed by atoms with Gasteiger partial charge in [-0.1, -0.05) is 0 Å². The number of carbonyl (C=O) groups is 1. The summed E-state index contributed by atoms with van der Waals surface area (Å²) in [7, 11) is 0. The molecule has 0 radical (unpaired) electrons. The summed E-state index contributed by atoms with van der Waals surface area (Å²) in [6.07, 6.45) is 4.03. The highest BCUT2D eigenvalue weighted by molar-refractivity contribution is 14.1. The molecule has 1 amide bonds. The van der Waals surface area contributed by atoms with Crippen LogP contribution < -0.4 is 10.6 Å². The van der Waals surface area contributed by atoms with Crippen LogP contribution in [0.5, 0.6) is 0 Å².